The molecule has 1 N–H and O–H groups in total. The number of nitrogens with one attached hydrogen (secondary N) is 1. The molecule has 0 saturated carbocycles. The maximum atomic E-state index is 11.6. The SMILES string of the molecule is CC(C)(C)OC(=O)NCCB(F)F. The second-order valence-electron chi connectivity index (χ2n) is 3.61. The number of amides is 1. The lowest BCUT2D eigenvalue weighted by Gasteiger charge is -2.19. The Labute approximate surface area is 77.0 Å². The van der Waals surface area contributed by atoms with Crippen LogP contribution in [0.1, 0.15) is 20.8 Å². The lowest BCUT2D eigenvalue weighted by molar-refractivity contribution is 0.0530. The molecule has 0 radical (unpaired) electrons. The number of carbonyl (C=O) groups excluding carboxylic acids is 1. The van der Waals surface area contributed by atoms with Gasteiger partial charge in [0, 0.05) is 12.9 Å². The average molecular weight is 193 g/mol. The van der Waals surface area contributed by atoms with Gasteiger partial charge >= 0.3 is 13.4 Å². The molecule has 0 saturated heterocycles. The Hall–Kier alpha value is -0.805. The molecule has 0 rings (SSSR count). The van der Waals surface area contributed by atoms with Crippen LogP contribution in [-0.2, 0) is 4.74 Å². The quantitative estimate of drug-likeness (QED) is 0.695. The Bertz CT molecular complexity index is 170. The number of carbonyl (C=O) groups is 1. The smallest absolute Gasteiger partial charge is 0.444 e. The van der Waals surface area contributed by atoms with Crippen molar-refractivity contribution < 1.29 is 18.2 Å². The van der Waals surface area contributed by atoms with Gasteiger partial charge in [-0.1, -0.05) is 0 Å². The van der Waals surface area contributed by atoms with E-state index in [1.165, 1.54) is 0 Å². The molecule has 0 unspecified atom stereocenters. The van der Waals surface area contributed by atoms with E-state index in [2.05, 4.69) is 5.32 Å². The highest BCUT2D eigenvalue weighted by atomic mass is 19.2. The number of halogens is 2. The van der Waals surface area contributed by atoms with Gasteiger partial charge in [-0.2, -0.15) is 0 Å². The molecular weight excluding hydrogens is 179 g/mol. The van der Waals surface area contributed by atoms with Gasteiger partial charge in [0.1, 0.15) is 5.60 Å². The minimum absolute atomic E-state index is 0.0629. The number of alkyl carbamates (subject to hydrolysis) is 1. The predicted molar refractivity (Wildman–Crippen MR) is 47.0 cm³/mol. The van der Waals surface area contributed by atoms with Crippen molar-refractivity contribution >= 4 is 13.4 Å². The van der Waals surface area contributed by atoms with E-state index in [0.29, 0.717) is 0 Å². The van der Waals surface area contributed by atoms with E-state index in [9.17, 15) is 13.4 Å². The molecule has 0 fully saturated rings. The van der Waals surface area contributed by atoms with Gasteiger partial charge in [-0.25, -0.2) is 4.79 Å². The molecule has 0 heterocycles. The maximum Gasteiger partial charge on any atom is 0.539 e. The molecule has 0 aromatic heterocycles. The molecule has 6 heteroatoms. The zero-order valence-corrected chi connectivity index (χ0v) is 8.06. The lowest BCUT2D eigenvalue weighted by Crippen LogP contribution is -2.33. The van der Waals surface area contributed by atoms with Crippen LogP contribution >= 0.6 is 0 Å². The van der Waals surface area contributed by atoms with Crippen molar-refractivity contribution in [3.05, 3.63) is 0 Å². The van der Waals surface area contributed by atoms with Gasteiger partial charge in [0.15, 0.2) is 0 Å². The molecule has 0 aliphatic heterocycles. The van der Waals surface area contributed by atoms with Crippen LogP contribution < -0.4 is 5.32 Å². The second kappa shape index (κ2) is 5.04. The fourth-order valence-electron chi connectivity index (χ4n) is 0.598. The van der Waals surface area contributed by atoms with E-state index in [-0.39, 0.29) is 12.9 Å². The molecule has 0 atom stereocenters. The van der Waals surface area contributed by atoms with Gasteiger partial charge in [0.05, 0.1) is 0 Å². The van der Waals surface area contributed by atoms with Crippen molar-refractivity contribution in [2.24, 2.45) is 0 Å². The topological polar surface area (TPSA) is 38.3 Å². The van der Waals surface area contributed by atoms with Crippen LogP contribution in [0.4, 0.5) is 13.4 Å². The monoisotopic (exact) mass is 193 g/mol. The first-order valence-corrected chi connectivity index (χ1v) is 4.06. The molecule has 1 amide bonds. The normalized spacial score (nSPS) is 10.8. The van der Waals surface area contributed by atoms with E-state index in [1.807, 2.05) is 0 Å². The highest BCUT2D eigenvalue weighted by molar-refractivity contribution is 6.42. The molecule has 76 valence electrons. The Morgan fingerprint density at radius 1 is 1.46 bits per heavy atom. The second-order valence-corrected chi connectivity index (χ2v) is 3.61. The number of rotatable bonds is 3. The Balaban J connectivity index is 3.53. The molecule has 0 aromatic carbocycles. The molecule has 3 nitrogen and oxygen atoms in total. The van der Waals surface area contributed by atoms with Crippen LogP contribution in [0.5, 0.6) is 0 Å². The van der Waals surface area contributed by atoms with Gasteiger partial charge < -0.3 is 10.1 Å². The van der Waals surface area contributed by atoms with E-state index in [1.54, 1.807) is 20.8 Å². The van der Waals surface area contributed by atoms with Crippen molar-refractivity contribution in [2.45, 2.75) is 32.7 Å². The first-order chi connectivity index (χ1) is 5.81. The summed E-state index contributed by atoms with van der Waals surface area (Å²) in [5.41, 5.74) is -0.588. The minimum atomic E-state index is -2.39. The Morgan fingerprint density at radius 2 is 2.00 bits per heavy atom. The minimum Gasteiger partial charge on any atom is -0.444 e. The summed E-state index contributed by atoms with van der Waals surface area (Å²) in [6, 6.07) is 0. The van der Waals surface area contributed by atoms with Crippen molar-refractivity contribution in [3.63, 3.8) is 0 Å². The summed E-state index contributed by atoms with van der Waals surface area (Å²) in [6.45, 7) is 5.06. The molecule has 0 aromatic rings. The van der Waals surface area contributed by atoms with Crippen LogP contribution in [0, 0.1) is 0 Å². The molecule has 0 bridgehead atoms. The Kier molecular flexibility index (Phi) is 4.73. The van der Waals surface area contributed by atoms with E-state index in [0.717, 1.165) is 0 Å². The summed E-state index contributed by atoms with van der Waals surface area (Å²) in [7, 11) is -2.39. The van der Waals surface area contributed by atoms with Crippen LogP contribution in [-0.4, -0.2) is 25.5 Å². The van der Waals surface area contributed by atoms with Crippen LogP contribution in [0.25, 0.3) is 0 Å². The molecular formula is C7H14BF2NO2. The van der Waals surface area contributed by atoms with E-state index in [4.69, 9.17) is 4.74 Å². The standard InChI is InChI=1S/C7H14BF2NO2/c1-7(2,3)13-6(12)11-5-4-8(9)10/h4-5H2,1-3H3,(H,11,12). The van der Waals surface area contributed by atoms with Crippen molar-refractivity contribution in [2.75, 3.05) is 6.54 Å². The first kappa shape index (κ1) is 12.2. The largest absolute Gasteiger partial charge is 0.539 e. The summed E-state index contributed by atoms with van der Waals surface area (Å²) < 4.78 is 28.1. The molecule has 13 heavy (non-hydrogen) atoms. The maximum absolute atomic E-state index is 11.6. The summed E-state index contributed by atoms with van der Waals surface area (Å²) in [4.78, 5) is 10.9. The highest BCUT2D eigenvalue weighted by Gasteiger charge is 2.17. The van der Waals surface area contributed by atoms with E-state index < -0.39 is 19.0 Å². The number of ether oxygens (including phenoxy) is 1. The third-order valence-corrected chi connectivity index (χ3v) is 1.03. The molecule has 0 aliphatic rings. The third-order valence-electron chi connectivity index (χ3n) is 1.03. The van der Waals surface area contributed by atoms with Crippen LogP contribution in [0.3, 0.4) is 0 Å². The zero-order valence-electron chi connectivity index (χ0n) is 8.06. The fourth-order valence-corrected chi connectivity index (χ4v) is 0.598. The fraction of sp³-hybridized carbons (Fsp3) is 0.857. The summed E-state index contributed by atoms with van der Waals surface area (Å²) >= 11 is 0. The predicted octanol–water partition coefficient (Wildman–Crippen LogP) is 1.94. The summed E-state index contributed by atoms with van der Waals surface area (Å²) in [5, 5.41) is 2.23. The van der Waals surface area contributed by atoms with Crippen molar-refractivity contribution in [1.29, 1.82) is 0 Å². The third kappa shape index (κ3) is 9.11. The number of hydrogen-bond acceptors (Lipinski definition) is 2. The lowest BCUT2D eigenvalue weighted by atomic mass is 9.93. The highest BCUT2D eigenvalue weighted by Crippen LogP contribution is 2.06. The van der Waals surface area contributed by atoms with Crippen molar-refractivity contribution in [1.82, 2.24) is 5.32 Å². The summed E-state index contributed by atoms with van der Waals surface area (Å²) in [6.07, 6.45) is -1.01. The van der Waals surface area contributed by atoms with Gasteiger partial charge in [-0.15, -0.1) is 0 Å². The van der Waals surface area contributed by atoms with Crippen molar-refractivity contribution in [3.8, 4) is 0 Å². The van der Waals surface area contributed by atoms with Gasteiger partial charge in [0.2, 0.25) is 0 Å². The summed E-state index contributed by atoms with van der Waals surface area (Å²) in [5.74, 6) is 0. The van der Waals surface area contributed by atoms with Gasteiger partial charge in [0.25, 0.3) is 0 Å². The zero-order chi connectivity index (χ0) is 10.5. The molecule has 0 aliphatic carbocycles. The average Bonchev–Trinajstić information content (AvgIpc) is 1.81. The van der Waals surface area contributed by atoms with E-state index >= 15 is 0 Å². The van der Waals surface area contributed by atoms with Gasteiger partial charge in [-0.05, 0) is 20.8 Å². The van der Waals surface area contributed by atoms with Gasteiger partial charge in [-0.3, -0.25) is 8.63 Å². The van der Waals surface area contributed by atoms with Crippen LogP contribution in [0.2, 0.25) is 6.32 Å². The van der Waals surface area contributed by atoms with Crippen LogP contribution in [0.15, 0.2) is 0 Å². The Morgan fingerprint density at radius 3 is 2.38 bits per heavy atom. The first-order valence-electron chi connectivity index (χ1n) is 4.06. The molecule has 0 spiro atoms. The number of hydrogen-bond donors (Lipinski definition) is 1.